The molecule has 2 aromatic rings. The molecule has 2 rings (SSSR count). The maximum atomic E-state index is 6.08. The zero-order valence-electron chi connectivity index (χ0n) is 10.9. The molecule has 100 valence electrons. The van der Waals surface area contributed by atoms with Gasteiger partial charge in [0.25, 0.3) is 0 Å². The Kier molecular flexibility index (Phi) is 5.00. The van der Waals surface area contributed by atoms with E-state index < -0.39 is 0 Å². The van der Waals surface area contributed by atoms with Crippen molar-refractivity contribution in [1.82, 2.24) is 0 Å². The van der Waals surface area contributed by atoms with Gasteiger partial charge in [-0.05, 0) is 42.2 Å². The van der Waals surface area contributed by atoms with Gasteiger partial charge in [0.2, 0.25) is 0 Å². The number of nitrogens with one attached hydrogen (secondary N) is 1. The number of rotatable bonds is 5. The molecule has 0 aliphatic carbocycles. The highest BCUT2D eigenvalue weighted by atomic mass is 35.5. The van der Waals surface area contributed by atoms with Crippen molar-refractivity contribution in [3.05, 3.63) is 53.1 Å². The summed E-state index contributed by atoms with van der Waals surface area (Å²) in [6.45, 7) is 0.775. The maximum Gasteiger partial charge on any atom is 0.137 e. The van der Waals surface area contributed by atoms with Crippen LogP contribution in [0.3, 0.4) is 0 Å². The van der Waals surface area contributed by atoms with Gasteiger partial charge in [0.05, 0.1) is 12.1 Å². The molecule has 0 saturated carbocycles. The second-order valence-corrected chi connectivity index (χ2v) is 5.34. The molecule has 0 aliphatic rings. The lowest BCUT2D eigenvalue weighted by Crippen LogP contribution is -1.99. The standard InChI is InChI=1S/C15H16ClNOS/c1-18-15-8-5-12(9-14(15)16)17-10-11-3-6-13(19-2)7-4-11/h3-9,17H,10H2,1-2H3. The van der Waals surface area contributed by atoms with Crippen LogP contribution < -0.4 is 10.1 Å². The first-order valence-electron chi connectivity index (χ1n) is 5.93. The Hall–Kier alpha value is -1.32. The lowest BCUT2D eigenvalue weighted by molar-refractivity contribution is 0.415. The van der Waals surface area contributed by atoms with Crippen molar-refractivity contribution in [2.24, 2.45) is 0 Å². The van der Waals surface area contributed by atoms with Gasteiger partial charge in [-0.2, -0.15) is 0 Å². The molecule has 0 radical (unpaired) electrons. The fraction of sp³-hybridized carbons (Fsp3) is 0.200. The van der Waals surface area contributed by atoms with Gasteiger partial charge in [-0.3, -0.25) is 0 Å². The van der Waals surface area contributed by atoms with E-state index in [9.17, 15) is 0 Å². The molecular formula is C15H16ClNOS. The minimum absolute atomic E-state index is 0.616. The number of hydrogen-bond acceptors (Lipinski definition) is 3. The Morgan fingerprint density at radius 1 is 1.16 bits per heavy atom. The Morgan fingerprint density at radius 3 is 2.47 bits per heavy atom. The molecular weight excluding hydrogens is 278 g/mol. The molecule has 0 unspecified atom stereocenters. The van der Waals surface area contributed by atoms with Gasteiger partial charge in [-0.1, -0.05) is 23.7 Å². The number of anilines is 1. The summed E-state index contributed by atoms with van der Waals surface area (Å²) in [6, 6.07) is 14.2. The molecule has 0 heterocycles. The molecule has 2 aromatic carbocycles. The molecule has 0 aliphatic heterocycles. The molecule has 1 N–H and O–H groups in total. The van der Waals surface area contributed by atoms with E-state index >= 15 is 0 Å². The van der Waals surface area contributed by atoms with Crippen LogP contribution in [-0.4, -0.2) is 13.4 Å². The van der Waals surface area contributed by atoms with Crippen LogP contribution in [0.2, 0.25) is 5.02 Å². The fourth-order valence-corrected chi connectivity index (χ4v) is 2.39. The molecule has 0 spiro atoms. The number of methoxy groups -OCH3 is 1. The van der Waals surface area contributed by atoms with E-state index in [-0.39, 0.29) is 0 Å². The van der Waals surface area contributed by atoms with Crippen molar-refractivity contribution in [2.45, 2.75) is 11.4 Å². The zero-order chi connectivity index (χ0) is 13.7. The third-order valence-electron chi connectivity index (χ3n) is 2.81. The Labute approximate surface area is 123 Å². The average Bonchev–Trinajstić information content (AvgIpc) is 2.46. The predicted octanol–water partition coefficient (Wildman–Crippen LogP) is 4.68. The maximum absolute atomic E-state index is 6.08. The molecule has 4 heteroatoms. The van der Waals surface area contributed by atoms with Gasteiger partial charge >= 0.3 is 0 Å². The second-order valence-electron chi connectivity index (χ2n) is 4.05. The van der Waals surface area contributed by atoms with E-state index in [0.29, 0.717) is 10.8 Å². The van der Waals surface area contributed by atoms with Crippen LogP contribution in [0.4, 0.5) is 5.69 Å². The van der Waals surface area contributed by atoms with E-state index in [4.69, 9.17) is 16.3 Å². The quantitative estimate of drug-likeness (QED) is 0.809. The van der Waals surface area contributed by atoms with Crippen molar-refractivity contribution >= 4 is 29.1 Å². The Balaban J connectivity index is 1.99. The van der Waals surface area contributed by atoms with E-state index in [1.165, 1.54) is 10.5 Å². The first-order valence-corrected chi connectivity index (χ1v) is 7.53. The highest BCUT2D eigenvalue weighted by Crippen LogP contribution is 2.27. The first-order chi connectivity index (χ1) is 9.22. The lowest BCUT2D eigenvalue weighted by Gasteiger charge is -2.09. The van der Waals surface area contributed by atoms with Gasteiger partial charge in [-0.15, -0.1) is 11.8 Å². The number of halogens is 1. The van der Waals surface area contributed by atoms with Crippen LogP contribution in [-0.2, 0) is 6.54 Å². The highest BCUT2D eigenvalue weighted by molar-refractivity contribution is 7.98. The van der Waals surface area contributed by atoms with Crippen LogP contribution in [0.1, 0.15) is 5.56 Å². The largest absolute Gasteiger partial charge is 0.495 e. The van der Waals surface area contributed by atoms with Crippen molar-refractivity contribution in [3.63, 3.8) is 0 Å². The van der Waals surface area contributed by atoms with E-state index in [2.05, 4.69) is 35.8 Å². The Morgan fingerprint density at radius 2 is 1.89 bits per heavy atom. The summed E-state index contributed by atoms with van der Waals surface area (Å²) < 4.78 is 5.13. The Bertz CT molecular complexity index is 542. The lowest BCUT2D eigenvalue weighted by atomic mass is 10.2. The molecule has 2 nitrogen and oxygen atoms in total. The van der Waals surface area contributed by atoms with E-state index in [0.717, 1.165) is 12.2 Å². The van der Waals surface area contributed by atoms with E-state index in [1.807, 2.05) is 18.2 Å². The molecule has 0 amide bonds. The third-order valence-corrected chi connectivity index (χ3v) is 3.85. The third kappa shape index (κ3) is 3.82. The van der Waals surface area contributed by atoms with Crippen LogP contribution in [0.15, 0.2) is 47.4 Å². The molecule has 0 saturated heterocycles. The molecule has 0 atom stereocenters. The van der Waals surface area contributed by atoms with Gasteiger partial charge in [0, 0.05) is 17.1 Å². The molecule has 0 bridgehead atoms. The first kappa shape index (κ1) is 14.1. The van der Waals surface area contributed by atoms with Gasteiger partial charge < -0.3 is 10.1 Å². The second kappa shape index (κ2) is 6.73. The zero-order valence-corrected chi connectivity index (χ0v) is 12.5. The fourth-order valence-electron chi connectivity index (χ4n) is 1.72. The van der Waals surface area contributed by atoms with Gasteiger partial charge in [0.1, 0.15) is 5.75 Å². The minimum Gasteiger partial charge on any atom is -0.495 e. The molecule has 19 heavy (non-hydrogen) atoms. The number of ether oxygens (including phenoxy) is 1. The summed E-state index contributed by atoms with van der Waals surface area (Å²) in [5.74, 6) is 0.691. The topological polar surface area (TPSA) is 21.3 Å². The van der Waals surface area contributed by atoms with Crippen LogP contribution in [0, 0.1) is 0 Å². The molecule has 0 aromatic heterocycles. The highest BCUT2D eigenvalue weighted by Gasteiger charge is 2.01. The smallest absolute Gasteiger partial charge is 0.137 e. The minimum atomic E-state index is 0.616. The normalized spacial score (nSPS) is 10.3. The summed E-state index contributed by atoms with van der Waals surface area (Å²) in [5, 5.41) is 3.96. The number of thioether (sulfide) groups is 1. The predicted molar refractivity (Wildman–Crippen MR) is 83.6 cm³/mol. The summed E-state index contributed by atoms with van der Waals surface area (Å²) >= 11 is 7.83. The van der Waals surface area contributed by atoms with Crippen molar-refractivity contribution in [3.8, 4) is 5.75 Å². The van der Waals surface area contributed by atoms with Crippen molar-refractivity contribution in [2.75, 3.05) is 18.7 Å². The van der Waals surface area contributed by atoms with E-state index in [1.54, 1.807) is 18.9 Å². The average molecular weight is 294 g/mol. The van der Waals surface area contributed by atoms with Gasteiger partial charge in [-0.25, -0.2) is 0 Å². The van der Waals surface area contributed by atoms with Crippen molar-refractivity contribution in [1.29, 1.82) is 0 Å². The van der Waals surface area contributed by atoms with Crippen LogP contribution in [0.5, 0.6) is 5.75 Å². The summed E-state index contributed by atoms with van der Waals surface area (Å²) in [7, 11) is 1.61. The van der Waals surface area contributed by atoms with Crippen molar-refractivity contribution < 1.29 is 4.74 Å². The number of hydrogen-bond donors (Lipinski definition) is 1. The SMILES string of the molecule is COc1ccc(NCc2ccc(SC)cc2)cc1Cl. The monoisotopic (exact) mass is 293 g/mol. The number of benzene rings is 2. The van der Waals surface area contributed by atoms with Gasteiger partial charge in [0.15, 0.2) is 0 Å². The van der Waals surface area contributed by atoms with Crippen LogP contribution in [0.25, 0.3) is 0 Å². The molecule has 0 fully saturated rings. The summed E-state index contributed by atoms with van der Waals surface area (Å²) in [6.07, 6.45) is 2.08. The summed E-state index contributed by atoms with van der Waals surface area (Å²) in [4.78, 5) is 1.27. The van der Waals surface area contributed by atoms with Crippen LogP contribution >= 0.6 is 23.4 Å². The summed E-state index contributed by atoms with van der Waals surface area (Å²) in [5.41, 5.74) is 2.23.